The highest BCUT2D eigenvalue weighted by Crippen LogP contribution is 2.31. The zero-order chi connectivity index (χ0) is 24.1. The number of hydrogen-bond acceptors (Lipinski definition) is 9. The molecule has 3 rings (SSSR count). The number of nitrogens with zero attached hydrogens (tertiary/aromatic N) is 4. The summed E-state index contributed by atoms with van der Waals surface area (Å²) < 4.78 is 11.9. The minimum atomic E-state index is -0.698. The molecule has 1 amide bonds. The van der Waals surface area contributed by atoms with Gasteiger partial charge in [0.05, 0.1) is 23.4 Å². The largest absolute Gasteiger partial charge is 0.462 e. The van der Waals surface area contributed by atoms with Gasteiger partial charge in [-0.2, -0.15) is 10.1 Å². The number of carbonyl (C=O) groups excluding carboxylic acids is 3. The van der Waals surface area contributed by atoms with Crippen LogP contribution < -0.4 is 5.32 Å². The van der Waals surface area contributed by atoms with Crippen molar-refractivity contribution in [3.8, 4) is 0 Å². The summed E-state index contributed by atoms with van der Waals surface area (Å²) >= 11 is 1.24. The lowest BCUT2D eigenvalue weighted by Gasteiger charge is -2.13. The minimum Gasteiger partial charge on any atom is -0.462 e. The molecule has 3 aromatic rings. The molecule has 0 spiro atoms. The number of nitrogens with one attached hydrogen (secondary N) is 1. The molecule has 0 aliphatic heterocycles. The Balaban J connectivity index is 1.73. The first kappa shape index (κ1) is 24.3. The summed E-state index contributed by atoms with van der Waals surface area (Å²) in [6, 6.07) is 0. The molecule has 33 heavy (non-hydrogen) atoms. The van der Waals surface area contributed by atoms with Gasteiger partial charge in [-0.25, -0.2) is 19.1 Å². The van der Waals surface area contributed by atoms with Crippen molar-refractivity contribution in [1.29, 1.82) is 0 Å². The van der Waals surface area contributed by atoms with Gasteiger partial charge in [-0.05, 0) is 36.1 Å². The molecule has 3 aromatic heterocycles. The fraction of sp³-hybridized carbons (Fsp3) is 0.455. The van der Waals surface area contributed by atoms with Gasteiger partial charge >= 0.3 is 11.9 Å². The number of amides is 1. The van der Waals surface area contributed by atoms with E-state index in [0.29, 0.717) is 34.4 Å². The van der Waals surface area contributed by atoms with Crippen LogP contribution in [0, 0.1) is 5.92 Å². The van der Waals surface area contributed by atoms with E-state index in [1.807, 2.05) is 33.1 Å². The van der Waals surface area contributed by atoms with Crippen LogP contribution in [0.25, 0.3) is 5.78 Å². The van der Waals surface area contributed by atoms with Crippen molar-refractivity contribution in [1.82, 2.24) is 19.6 Å². The lowest BCUT2D eigenvalue weighted by Crippen LogP contribution is -2.23. The minimum absolute atomic E-state index is 0.0637. The quantitative estimate of drug-likeness (QED) is 0.468. The van der Waals surface area contributed by atoms with Crippen molar-refractivity contribution in [2.45, 2.75) is 47.0 Å². The third-order valence-electron chi connectivity index (χ3n) is 4.67. The number of fused-ring (bicyclic) bond motifs is 1. The predicted octanol–water partition coefficient (Wildman–Crippen LogP) is 3.48. The lowest BCUT2D eigenvalue weighted by atomic mass is 10.0. The van der Waals surface area contributed by atoms with E-state index in [2.05, 4.69) is 20.4 Å². The summed E-state index contributed by atoms with van der Waals surface area (Å²) in [5, 5.41) is 8.99. The summed E-state index contributed by atoms with van der Waals surface area (Å²) in [7, 11) is 0. The molecule has 0 aliphatic rings. The number of aromatic nitrogens is 4. The topological polar surface area (TPSA) is 125 Å². The smallest absolute Gasteiger partial charge is 0.342 e. The molecule has 0 unspecified atom stereocenters. The summed E-state index contributed by atoms with van der Waals surface area (Å²) in [5.41, 5.74) is 1.95. The van der Waals surface area contributed by atoms with Crippen LogP contribution in [-0.2, 0) is 20.7 Å². The average Bonchev–Trinajstić information content (AvgIpc) is 3.37. The maximum atomic E-state index is 12.7. The van der Waals surface area contributed by atoms with Gasteiger partial charge in [0.1, 0.15) is 11.3 Å². The Morgan fingerprint density at radius 3 is 2.55 bits per heavy atom. The first-order chi connectivity index (χ1) is 15.7. The zero-order valence-electron chi connectivity index (χ0n) is 19.2. The van der Waals surface area contributed by atoms with E-state index in [4.69, 9.17) is 9.47 Å². The van der Waals surface area contributed by atoms with Gasteiger partial charge in [0, 0.05) is 6.20 Å². The second-order valence-electron chi connectivity index (χ2n) is 8.09. The van der Waals surface area contributed by atoms with Crippen LogP contribution in [0.2, 0.25) is 0 Å². The van der Waals surface area contributed by atoms with Crippen LogP contribution in [0.1, 0.15) is 72.5 Å². The highest BCUT2D eigenvalue weighted by atomic mass is 32.1. The standard InChI is InChI=1S/C22H27N5O5S/c1-6-31-21(30)17-14(7-12(2)3)10-33-19(17)26-16(28)9-32-20(29)15-8-23-22-24-11-25-27(22)18(15)13(4)5/h8,10-13H,6-7,9H2,1-5H3,(H,26,28). The number of esters is 2. The Morgan fingerprint density at radius 2 is 1.88 bits per heavy atom. The molecule has 176 valence electrons. The molecule has 10 nitrogen and oxygen atoms in total. The van der Waals surface area contributed by atoms with Crippen LogP contribution >= 0.6 is 11.3 Å². The molecule has 0 atom stereocenters. The van der Waals surface area contributed by atoms with Crippen molar-refractivity contribution in [3.63, 3.8) is 0 Å². The molecule has 0 fully saturated rings. The fourth-order valence-electron chi connectivity index (χ4n) is 3.38. The molecule has 0 radical (unpaired) electrons. The van der Waals surface area contributed by atoms with E-state index in [1.165, 1.54) is 28.4 Å². The van der Waals surface area contributed by atoms with Crippen LogP contribution in [0.15, 0.2) is 17.9 Å². The average molecular weight is 474 g/mol. The third kappa shape index (κ3) is 5.54. The van der Waals surface area contributed by atoms with Gasteiger partial charge < -0.3 is 14.8 Å². The zero-order valence-corrected chi connectivity index (χ0v) is 20.1. The van der Waals surface area contributed by atoms with Gasteiger partial charge in [0.15, 0.2) is 6.61 Å². The number of anilines is 1. The normalized spacial score (nSPS) is 11.2. The Morgan fingerprint density at radius 1 is 1.12 bits per heavy atom. The van der Waals surface area contributed by atoms with E-state index >= 15 is 0 Å². The maximum absolute atomic E-state index is 12.7. The number of ether oxygens (including phenoxy) is 2. The van der Waals surface area contributed by atoms with E-state index in [-0.39, 0.29) is 18.1 Å². The molecule has 1 N–H and O–H groups in total. The summed E-state index contributed by atoms with van der Waals surface area (Å²) in [5.74, 6) is -1.12. The molecule has 0 aliphatic carbocycles. The molecule has 0 aromatic carbocycles. The maximum Gasteiger partial charge on any atom is 0.342 e. The molecule has 3 heterocycles. The molecule has 0 saturated carbocycles. The van der Waals surface area contributed by atoms with Crippen molar-refractivity contribution in [2.24, 2.45) is 5.92 Å². The van der Waals surface area contributed by atoms with E-state index in [1.54, 1.807) is 6.92 Å². The first-order valence-electron chi connectivity index (χ1n) is 10.7. The fourth-order valence-corrected chi connectivity index (χ4v) is 4.36. The lowest BCUT2D eigenvalue weighted by molar-refractivity contribution is -0.119. The third-order valence-corrected chi connectivity index (χ3v) is 5.62. The van der Waals surface area contributed by atoms with E-state index < -0.39 is 24.5 Å². The molecular weight excluding hydrogens is 446 g/mol. The van der Waals surface area contributed by atoms with Crippen molar-refractivity contribution in [3.05, 3.63) is 40.3 Å². The van der Waals surface area contributed by atoms with Crippen LogP contribution in [0.4, 0.5) is 5.00 Å². The second-order valence-corrected chi connectivity index (χ2v) is 8.97. The highest BCUT2D eigenvalue weighted by Gasteiger charge is 2.24. The van der Waals surface area contributed by atoms with Gasteiger partial charge in [-0.15, -0.1) is 11.3 Å². The van der Waals surface area contributed by atoms with Gasteiger partial charge in [-0.1, -0.05) is 27.7 Å². The summed E-state index contributed by atoms with van der Waals surface area (Å²) in [6.07, 6.45) is 3.40. The molecule has 0 saturated heterocycles. The number of carbonyl (C=O) groups is 3. The number of rotatable bonds is 9. The van der Waals surface area contributed by atoms with Crippen molar-refractivity contribution in [2.75, 3.05) is 18.5 Å². The number of hydrogen-bond donors (Lipinski definition) is 1. The summed E-state index contributed by atoms with van der Waals surface area (Å²) in [6.45, 7) is 9.32. The van der Waals surface area contributed by atoms with Crippen LogP contribution in [-0.4, -0.2) is 50.6 Å². The molecular formula is C22H27N5O5S. The second kappa shape index (κ2) is 10.5. The predicted molar refractivity (Wildman–Crippen MR) is 123 cm³/mol. The van der Waals surface area contributed by atoms with Crippen molar-refractivity contribution < 1.29 is 23.9 Å². The van der Waals surface area contributed by atoms with Crippen LogP contribution in [0.5, 0.6) is 0 Å². The van der Waals surface area contributed by atoms with E-state index in [9.17, 15) is 14.4 Å². The van der Waals surface area contributed by atoms with Gasteiger partial charge in [0.25, 0.3) is 11.7 Å². The van der Waals surface area contributed by atoms with Crippen molar-refractivity contribution >= 4 is 40.0 Å². The highest BCUT2D eigenvalue weighted by molar-refractivity contribution is 7.15. The monoisotopic (exact) mass is 473 g/mol. The van der Waals surface area contributed by atoms with Gasteiger partial charge in [0.2, 0.25) is 0 Å². The Labute approximate surface area is 195 Å². The van der Waals surface area contributed by atoms with Gasteiger partial charge in [-0.3, -0.25) is 4.79 Å². The Bertz CT molecular complexity index is 1170. The number of thiophene rings is 1. The summed E-state index contributed by atoms with van der Waals surface area (Å²) in [4.78, 5) is 45.8. The Kier molecular flexibility index (Phi) is 7.75. The molecule has 0 bridgehead atoms. The van der Waals surface area contributed by atoms with Crippen LogP contribution in [0.3, 0.4) is 0 Å². The Hall–Kier alpha value is -3.34. The molecule has 11 heteroatoms. The SMILES string of the molecule is CCOC(=O)c1c(CC(C)C)csc1NC(=O)COC(=O)c1cnc2ncnn2c1C(C)C. The van der Waals surface area contributed by atoms with E-state index in [0.717, 1.165) is 5.56 Å². The first-order valence-corrected chi connectivity index (χ1v) is 11.5.